The molecule has 0 fully saturated rings. The van der Waals surface area contributed by atoms with Crippen molar-refractivity contribution >= 4 is 34.2 Å². The summed E-state index contributed by atoms with van der Waals surface area (Å²) in [5.74, 6) is 0.787. The van der Waals surface area contributed by atoms with Crippen molar-refractivity contribution in [3.8, 4) is 5.82 Å². The molecule has 7 nitrogen and oxygen atoms in total. The Labute approximate surface area is 173 Å². The molecule has 0 unspecified atom stereocenters. The van der Waals surface area contributed by atoms with Crippen LogP contribution >= 0.6 is 0 Å². The van der Waals surface area contributed by atoms with Gasteiger partial charge >= 0.3 is 0 Å². The van der Waals surface area contributed by atoms with Crippen LogP contribution in [0.15, 0.2) is 67.0 Å². The normalized spacial score (nSPS) is 10.8. The summed E-state index contributed by atoms with van der Waals surface area (Å²) in [5.41, 5.74) is 8.99. The van der Waals surface area contributed by atoms with E-state index in [2.05, 4.69) is 15.3 Å². The predicted molar refractivity (Wildman–Crippen MR) is 117 cm³/mol. The summed E-state index contributed by atoms with van der Waals surface area (Å²) in [7, 11) is 0. The number of anilines is 2. The molecular formula is C23H21N5O2. The largest absolute Gasteiger partial charge is 0.368 e. The predicted octanol–water partition coefficient (Wildman–Crippen LogP) is 3.78. The van der Waals surface area contributed by atoms with Crippen LogP contribution in [-0.4, -0.2) is 26.2 Å². The minimum absolute atomic E-state index is 0.0606. The van der Waals surface area contributed by atoms with Gasteiger partial charge in [0.1, 0.15) is 5.82 Å². The van der Waals surface area contributed by atoms with Crippen LogP contribution in [-0.2, 0) is 11.2 Å². The number of carbonyl (C=O) groups excluding carboxylic acids is 2. The van der Waals surface area contributed by atoms with Gasteiger partial charge < -0.3 is 15.6 Å². The zero-order valence-electron chi connectivity index (χ0n) is 16.5. The Hall–Kier alpha value is -4.00. The van der Waals surface area contributed by atoms with E-state index in [9.17, 15) is 9.59 Å². The second kappa shape index (κ2) is 8.16. The van der Waals surface area contributed by atoms with E-state index in [-0.39, 0.29) is 17.6 Å². The summed E-state index contributed by atoms with van der Waals surface area (Å²) >= 11 is 0. The lowest BCUT2D eigenvalue weighted by molar-refractivity contribution is -0.114. The number of nitrogens with two attached hydrogens (primary N) is 1. The standard InChI is InChI=1S/C23H21N5O2/c1-15(29)26-17-5-2-4-16(14-17)8-9-21(30)19-6-3-7-20-18(19)11-13-28(20)22-10-12-25-23(24)27-22/h2-7,10-14H,8-9H2,1H3,(H,26,29)(H2,24,25,27). The molecule has 30 heavy (non-hydrogen) atoms. The van der Waals surface area contributed by atoms with Crippen molar-refractivity contribution in [2.45, 2.75) is 19.8 Å². The molecule has 0 radical (unpaired) electrons. The van der Waals surface area contributed by atoms with Crippen LogP contribution in [0.1, 0.15) is 29.3 Å². The highest BCUT2D eigenvalue weighted by molar-refractivity contribution is 6.08. The first-order valence-corrected chi connectivity index (χ1v) is 9.60. The van der Waals surface area contributed by atoms with E-state index in [1.165, 1.54) is 6.92 Å². The van der Waals surface area contributed by atoms with Crippen molar-refractivity contribution < 1.29 is 9.59 Å². The summed E-state index contributed by atoms with van der Waals surface area (Å²) < 4.78 is 1.89. The van der Waals surface area contributed by atoms with E-state index in [0.29, 0.717) is 24.2 Å². The van der Waals surface area contributed by atoms with Gasteiger partial charge in [-0.1, -0.05) is 24.3 Å². The molecule has 0 bridgehead atoms. The molecule has 0 saturated carbocycles. The third-order valence-corrected chi connectivity index (χ3v) is 4.83. The van der Waals surface area contributed by atoms with Crippen molar-refractivity contribution in [2.75, 3.05) is 11.1 Å². The molecule has 4 aromatic rings. The van der Waals surface area contributed by atoms with Gasteiger partial charge in [-0.05, 0) is 42.3 Å². The van der Waals surface area contributed by atoms with Gasteiger partial charge in [-0.3, -0.25) is 9.59 Å². The molecule has 150 valence electrons. The Bertz CT molecular complexity index is 1250. The van der Waals surface area contributed by atoms with Gasteiger partial charge in [0.15, 0.2) is 5.78 Å². The fourth-order valence-electron chi connectivity index (χ4n) is 3.51. The average molecular weight is 399 g/mol. The summed E-state index contributed by atoms with van der Waals surface area (Å²) in [6.07, 6.45) is 4.44. The van der Waals surface area contributed by atoms with E-state index in [1.807, 2.05) is 59.3 Å². The molecule has 0 aliphatic carbocycles. The Morgan fingerprint density at radius 1 is 1.10 bits per heavy atom. The lowest BCUT2D eigenvalue weighted by Gasteiger charge is -2.08. The molecule has 2 heterocycles. The fraction of sp³-hybridized carbons (Fsp3) is 0.130. The van der Waals surface area contributed by atoms with Crippen LogP contribution in [0.5, 0.6) is 0 Å². The van der Waals surface area contributed by atoms with Gasteiger partial charge in [0, 0.05) is 42.4 Å². The number of hydrogen-bond acceptors (Lipinski definition) is 5. The number of amides is 1. The van der Waals surface area contributed by atoms with Crippen molar-refractivity contribution in [1.29, 1.82) is 0 Å². The number of benzene rings is 2. The molecule has 3 N–H and O–H groups in total. The Balaban J connectivity index is 1.56. The minimum Gasteiger partial charge on any atom is -0.368 e. The molecule has 4 rings (SSSR count). The highest BCUT2D eigenvalue weighted by atomic mass is 16.1. The zero-order valence-corrected chi connectivity index (χ0v) is 16.5. The quantitative estimate of drug-likeness (QED) is 0.480. The van der Waals surface area contributed by atoms with Gasteiger partial charge in [-0.2, -0.15) is 4.98 Å². The Morgan fingerprint density at radius 3 is 2.73 bits per heavy atom. The van der Waals surface area contributed by atoms with Crippen LogP contribution in [0.25, 0.3) is 16.7 Å². The summed E-state index contributed by atoms with van der Waals surface area (Å²) in [6, 6.07) is 16.9. The van der Waals surface area contributed by atoms with E-state index in [4.69, 9.17) is 5.73 Å². The third kappa shape index (κ3) is 4.05. The molecule has 1 amide bonds. The minimum atomic E-state index is -0.121. The fourth-order valence-corrected chi connectivity index (χ4v) is 3.51. The summed E-state index contributed by atoms with van der Waals surface area (Å²) in [4.78, 5) is 32.4. The monoisotopic (exact) mass is 399 g/mol. The maximum atomic E-state index is 13.0. The number of hydrogen-bond donors (Lipinski definition) is 2. The Kier molecular flexibility index (Phi) is 5.26. The van der Waals surface area contributed by atoms with Crippen LogP contribution in [0.2, 0.25) is 0 Å². The number of carbonyl (C=O) groups is 2. The van der Waals surface area contributed by atoms with Gasteiger partial charge in [-0.25, -0.2) is 4.98 Å². The number of aryl methyl sites for hydroxylation is 1. The van der Waals surface area contributed by atoms with Gasteiger partial charge in [0.2, 0.25) is 11.9 Å². The van der Waals surface area contributed by atoms with Crippen LogP contribution < -0.4 is 11.1 Å². The highest BCUT2D eigenvalue weighted by Gasteiger charge is 2.14. The molecule has 0 atom stereocenters. The number of Topliss-reactive ketones (excluding diaryl/α,β-unsaturated/α-hetero) is 1. The van der Waals surface area contributed by atoms with Crippen LogP contribution in [0.3, 0.4) is 0 Å². The number of nitrogens with one attached hydrogen (secondary N) is 1. The van der Waals surface area contributed by atoms with Crippen molar-refractivity contribution in [1.82, 2.24) is 14.5 Å². The lowest BCUT2D eigenvalue weighted by Crippen LogP contribution is -2.06. The highest BCUT2D eigenvalue weighted by Crippen LogP contribution is 2.24. The zero-order chi connectivity index (χ0) is 21.1. The number of nitrogens with zero attached hydrogens (tertiary/aromatic N) is 3. The van der Waals surface area contributed by atoms with Gasteiger partial charge in [0.05, 0.1) is 5.52 Å². The van der Waals surface area contributed by atoms with E-state index in [1.54, 1.807) is 12.3 Å². The Morgan fingerprint density at radius 2 is 1.93 bits per heavy atom. The molecule has 2 aromatic heterocycles. The van der Waals surface area contributed by atoms with E-state index in [0.717, 1.165) is 22.2 Å². The summed E-state index contributed by atoms with van der Waals surface area (Å²) in [6.45, 7) is 1.47. The van der Waals surface area contributed by atoms with Crippen molar-refractivity contribution in [3.63, 3.8) is 0 Å². The number of fused-ring (bicyclic) bond motifs is 1. The maximum Gasteiger partial charge on any atom is 0.221 e. The van der Waals surface area contributed by atoms with E-state index >= 15 is 0 Å². The number of aromatic nitrogens is 3. The van der Waals surface area contributed by atoms with Crippen molar-refractivity contribution in [2.24, 2.45) is 0 Å². The number of rotatable bonds is 6. The molecular weight excluding hydrogens is 378 g/mol. The SMILES string of the molecule is CC(=O)Nc1cccc(CCC(=O)c2cccc3c2ccn3-c2ccnc(N)n2)c1. The van der Waals surface area contributed by atoms with Crippen LogP contribution in [0, 0.1) is 0 Å². The smallest absolute Gasteiger partial charge is 0.221 e. The summed E-state index contributed by atoms with van der Waals surface area (Å²) in [5, 5.41) is 3.63. The molecule has 7 heteroatoms. The molecule has 2 aromatic carbocycles. The maximum absolute atomic E-state index is 13.0. The number of ketones is 1. The molecule has 0 saturated heterocycles. The topological polar surface area (TPSA) is 103 Å². The second-order valence-corrected chi connectivity index (χ2v) is 7.00. The lowest BCUT2D eigenvalue weighted by atomic mass is 10.00. The van der Waals surface area contributed by atoms with E-state index < -0.39 is 0 Å². The van der Waals surface area contributed by atoms with Gasteiger partial charge in [0.25, 0.3) is 0 Å². The first-order valence-electron chi connectivity index (χ1n) is 9.60. The average Bonchev–Trinajstić information content (AvgIpc) is 3.16. The first kappa shape index (κ1) is 19.3. The third-order valence-electron chi connectivity index (χ3n) is 4.83. The molecule has 0 aliphatic rings. The molecule has 0 spiro atoms. The molecule has 0 aliphatic heterocycles. The second-order valence-electron chi connectivity index (χ2n) is 7.00. The van der Waals surface area contributed by atoms with Crippen molar-refractivity contribution in [3.05, 3.63) is 78.1 Å². The first-order chi connectivity index (χ1) is 14.5. The van der Waals surface area contributed by atoms with Gasteiger partial charge in [-0.15, -0.1) is 0 Å². The van der Waals surface area contributed by atoms with Crippen LogP contribution in [0.4, 0.5) is 11.6 Å². The number of nitrogen functional groups attached to an aromatic ring is 1.